The molecule has 2 aromatic rings. The molecule has 2 amide bonds. The fourth-order valence-electron chi connectivity index (χ4n) is 2.63. The minimum atomic E-state index is -1.11. The number of aromatic amines is 1. The van der Waals surface area contributed by atoms with Gasteiger partial charge in [0.2, 0.25) is 5.91 Å². The Balaban J connectivity index is 1.99. The average molecular weight is 388 g/mol. The fraction of sp³-hybridized carbons (Fsp3) is 0.368. The predicted molar refractivity (Wildman–Crippen MR) is 102 cm³/mol. The summed E-state index contributed by atoms with van der Waals surface area (Å²) in [7, 11) is 1.56. The Hall–Kier alpha value is -3.36. The molecule has 0 aliphatic heterocycles. The highest BCUT2D eigenvalue weighted by Gasteiger charge is 2.22. The van der Waals surface area contributed by atoms with Crippen molar-refractivity contribution in [1.29, 1.82) is 0 Å². The van der Waals surface area contributed by atoms with E-state index < -0.39 is 23.8 Å². The van der Waals surface area contributed by atoms with Crippen LogP contribution in [0.2, 0.25) is 0 Å². The molecule has 0 fully saturated rings. The van der Waals surface area contributed by atoms with Crippen molar-refractivity contribution in [1.82, 2.24) is 20.8 Å². The number of carboxylic acid groups (broad SMARTS) is 1. The Morgan fingerprint density at radius 1 is 1.21 bits per heavy atom. The zero-order valence-corrected chi connectivity index (χ0v) is 16.0. The van der Waals surface area contributed by atoms with Gasteiger partial charge in [-0.25, -0.2) is 4.79 Å². The van der Waals surface area contributed by atoms with Crippen LogP contribution in [0.3, 0.4) is 0 Å². The standard InChI is InChI=1S/C19H24N4O5/c1-11(2)8-15(19(26)27)22-16(24)10-20-18(25)14-9-21-23-17(14)12-4-6-13(28-3)7-5-12/h4-7,9,11,15H,8,10H2,1-3H3,(H,20,25)(H,21,23)(H,22,24)(H,26,27)/t15-/m0/s1. The number of rotatable bonds is 9. The second-order valence-corrected chi connectivity index (χ2v) is 6.66. The van der Waals surface area contributed by atoms with Gasteiger partial charge in [0.15, 0.2) is 0 Å². The third-order valence-electron chi connectivity index (χ3n) is 4.01. The van der Waals surface area contributed by atoms with Gasteiger partial charge in [-0.3, -0.25) is 14.7 Å². The van der Waals surface area contributed by atoms with E-state index in [1.807, 2.05) is 13.8 Å². The van der Waals surface area contributed by atoms with E-state index in [0.29, 0.717) is 17.9 Å². The van der Waals surface area contributed by atoms with Crippen molar-refractivity contribution in [3.05, 3.63) is 36.0 Å². The number of H-pyrrole nitrogens is 1. The Kier molecular flexibility index (Phi) is 7.14. The molecule has 1 heterocycles. The number of nitrogens with zero attached hydrogens (tertiary/aromatic N) is 1. The number of hydrogen-bond acceptors (Lipinski definition) is 5. The monoisotopic (exact) mass is 388 g/mol. The number of nitrogens with one attached hydrogen (secondary N) is 3. The zero-order chi connectivity index (χ0) is 20.7. The quantitative estimate of drug-likeness (QED) is 0.513. The fourth-order valence-corrected chi connectivity index (χ4v) is 2.63. The molecule has 0 aliphatic carbocycles. The van der Waals surface area contributed by atoms with Crippen molar-refractivity contribution in [2.45, 2.75) is 26.3 Å². The number of methoxy groups -OCH3 is 1. The van der Waals surface area contributed by atoms with E-state index in [1.54, 1.807) is 31.4 Å². The van der Waals surface area contributed by atoms with Crippen molar-refractivity contribution >= 4 is 17.8 Å². The third-order valence-corrected chi connectivity index (χ3v) is 4.01. The van der Waals surface area contributed by atoms with Gasteiger partial charge in [-0.05, 0) is 36.6 Å². The van der Waals surface area contributed by atoms with Gasteiger partial charge in [0, 0.05) is 5.56 Å². The van der Waals surface area contributed by atoms with Gasteiger partial charge in [0.05, 0.1) is 31.1 Å². The summed E-state index contributed by atoms with van der Waals surface area (Å²) in [4.78, 5) is 35.7. The lowest BCUT2D eigenvalue weighted by molar-refractivity contribution is -0.142. The second-order valence-electron chi connectivity index (χ2n) is 6.66. The van der Waals surface area contributed by atoms with Crippen LogP contribution in [0, 0.1) is 5.92 Å². The number of ether oxygens (including phenoxy) is 1. The number of amides is 2. The van der Waals surface area contributed by atoms with Gasteiger partial charge in [-0.2, -0.15) is 5.10 Å². The molecule has 0 spiro atoms. The maximum atomic E-state index is 12.4. The van der Waals surface area contributed by atoms with Crippen LogP contribution >= 0.6 is 0 Å². The molecule has 9 nitrogen and oxygen atoms in total. The zero-order valence-electron chi connectivity index (χ0n) is 16.0. The molecule has 1 aromatic heterocycles. The van der Waals surface area contributed by atoms with Gasteiger partial charge < -0.3 is 20.5 Å². The molecule has 4 N–H and O–H groups in total. The van der Waals surface area contributed by atoms with E-state index in [1.165, 1.54) is 6.20 Å². The topological polar surface area (TPSA) is 133 Å². The van der Waals surface area contributed by atoms with Crippen LogP contribution in [-0.2, 0) is 9.59 Å². The van der Waals surface area contributed by atoms with Crippen LogP contribution in [0.25, 0.3) is 11.3 Å². The Morgan fingerprint density at radius 3 is 2.46 bits per heavy atom. The molecule has 1 aromatic carbocycles. The van der Waals surface area contributed by atoms with Gasteiger partial charge >= 0.3 is 5.97 Å². The van der Waals surface area contributed by atoms with Crippen LogP contribution < -0.4 is 15.4 Å². The second kappa shape index (κ2) is 9.54. The molecule has 0 radical (unpaired) electrons. The molecular weight excluding hydrogens is 364 g/mol. The lowest BCUT2D eigenvalue weighted by atomic mass is 10.0. The van der Waals surface area contributed by atoms with Crippen LogP contribution in [0.1, 0.15) is 30.6 Å². The molecular formula is C19H24N4O5. The van der Waals surface area contributed by atoms with Crippen molar-refractivity contribution in [3.63, 3.8) is 0 Å². The average Bonchev–Trinajstić information content (AvgIpc) is 3.15. The van der Waals surface area contributed by atoms with Gasteiger partial charge in [0.1, 0.15) is 11.8 Å². The van der Waals surface area contributed by atoms with Crippen molar-refractivity contribution in [2.75, 3.05) is 13.7 Å². The van der Waals surface area contributed by atoms with Crippen LogP contribution in [-0.4, -0.2) is 52.8 Å². The molecule has 9 heteroatoms. The van der Waals surface area contributed by atoms with Crippen LogP contribution in [0.4, 0.5) is 0 Å². The first kappa shape index (κ1) is 20.9. The summed E-state index contributed by atoms with van der Waals surface area (Å²) in [5.74, 6) is -1.39. The van der Waals surface area contributed by atoms with Crippen LogP contribution in [0.5, 0.6) is 5.75 Å². The first-order chi connectivity index (χ1) is 13.3. The Bertz CT molecular complexity index is 829. The van der Waals surface area contributed by atoms with Gasteiger partial charge in [-0.1, -0.05) is 13.8 Å². The lowest BCUT2D eigenvalue weighted by Gasteiger charge is -2.16. The van der Waals surface area contributed by atoms with Crippen molar-refractivity contribution in [3.8, 4) is 17.0 Å². The molecule has 1 atom stereocenters. The molecule has 0 saturated carbocycles. The number of benzene rings is 1. The summed E-state index contributed by atoms with van der Waals surface area (Å²) < 4.78 is 5.11. The maximum absolute atomic E-state index is 12.4. The smallest absolute Gasteiger partial charge is 0.326 e. The third kappa shape index (κ3) is 5.57. The summed E-state index contributed by atoms with van der Waals surface area (Å²) in [6.45, 7) is 3.39. The number of carbonyl (C=O) groups excluding carboxylic acids is 2. The van der Waals surface area contributed by atoms with Gasteiger partial charge in [-0.15, -0.1) is 0 Å². The largest absolute Gasteiger partial charge is 0.497 e. The Morgan fingerprint density at radius 2 is 1.89 bits per heavy atom. The number of hydrogen-bond donors (Lipinski definition) is 4. The number of aromatic nitrogens is 2. The number of carboxylic acids is 1. The van der Waals surface area contributed by atoms with Crippen LogP contribution in [0.15, 0.2) is 30.5 Å². The minimum absolute atomic E-state index is 0.106. The molecule has 150 valence electrons. The molecule has 0 saturated heterocycles. The van der Waals surface area contributed by atoms with Crippen molar-refractivity contribution in [2.24, 2.45) is 5.92 Å². The van der Waals surface area contributed by atoms with E-state index in [2.05, 4.69) is 20.8 Å². The normalized spacial score (nSPS) is 11.7. The van der Waals surface area contributed by atoms with Gasteiger partial charge in [0.25, 0.3) is 5.91 Å². The summed E-state index contributed by atoms with van der Waals surface area (Å²) in [5.41, 5.74) is 1.51. The highest BCUT2D eigenvalue weighted by Crippen LogP contribution is 2.23. The highest BCUT2D eigenvalue weighted by atomic mass is 16.5. The molecule has 28 heavy (non-hydrogen) atoms. The highest BCUT2D eigenvalue weighted by molar-refractivity contribution is 6.01. The van der Waals surface area contributed by atoms with E-state index in [9.17, 15) is 19.5 Å². The number of aliphatic carboxylic acids is 1. The van der Waals surface area contributed by atoms with E-state index in [4.69, 9.17) is 4.74 Å². The van der Waals surface area contributed by atoms with E-state index in [-0.39, 0.29) is 18.0 Å². The van der Waals surface area contributed by atoms with E-state index >= 15 is 0 Å². The Labute approximate surface area is 162 Å². The predicted octanol–water partition coefficient (Wildman–Crippen LogP) is 1.43. The molecule has 0 aliphatic rings. The summed E-state index contributed by atoms with van der Waals surface area (Å²) in [6.07, 6.45) is 1.67. The number of carbonyl (C=O) groups is 3. The molecule has 0 bridgehead atoms. The molecule has 2 rings (SSSR count). The first-order valence-corrected chi connectivity index (χ1v) is 8.80. The maximum Gasteiger partial charge on any atom is 0.326 e. The minimum Gasteiger partial charge on any atom is -0.497 e. The SMILES string of the molecule is COc1ccc(-c2[nH]ncc2C(=O)NCC(=O)N[C@@H](CC(C)C)C(=O)O)cc1. The lowest BCUT2D eigenvalue weighted by Crippen LogP contribution is -2.46. The summed E-state index contributed by atoms with van der Waals surface area (Å²) >= 11 is 0. The molecule has 0 unspecified atom stereocenters. The summed E-state index contributed by atoms with van der Waals surface area (Å²) in [6, 6.07) is 6.07. The summed E-state index contributed by atoms with van der Waals surface area (Å²) in [5, 5.41) is 20.7. The van der Waals surface area contributed by atoms with E-state index in [0.717, 1.165) is 5.56 Å². The first-order valence-electron chi connectivity index (χ1n) is 8.80. The van der Waals surface area contributed by atoms with Crippen molar-refractivity contribution < 1.29 is 24.2 Å².